The van der Waals surface area contributed by atoms with Gasteiger partial charge in [-0.1, -0.05) is 231 Å². The maximum absolute atomic E-state index is 12.9. The molecule has 0 aromatic heterocycles. The standard InChI is InChI=1S/C53H103NO8/c1-3-5-7-9-10-11-12-13-14-15-16-17-18-19-20-21-22-23-24-25-26-27-28-29-30-31-32-33-34-35-36-37-38-39-41-43-49(57)54-46(47(56)42-40-8-6-4-2)45-61-53-52(60)51(59)50(58)48(44-55)62-53/h15-16,46-48,50-53,55-56,58-60H,3-14,17-45H2,1-2H3,(H,54,57)/b16-15-. The van der Waals surface area contributed by atoms with Gasteiger partial charge in [-0.3, -0.25) is 4.79 Å². The predicted molar refractivity (Wildman–Crippen MR) is 258 cm³/mol. The number of aliphatic hydroxyl groups is 5. The van der Waals surface area contributed by atoms with E-state index in [1.807, 2.05) is 0 Å². The summed E-state index contributed by atoms with van der Waals surface area (Å²) in [4.78, 5) is 12.9. The van der Waals surface area contributed by atoms with E-state index in [0.717, 1.165) is 44.9 Å². The van der Waals surface area contributed by atoms with Crippen molar-refractivity contribution in [2.24, 2.45) is 0 Å². The van der Waals surface area contributed by atoms with Crippen LogP contribution in [0.5, 0.6) is 0 Å². The van der Waals surface area contributed by atoms with Crippen molar-refractivity contribution in [3.8, 4) is 0 Å². The molecule has 7 atom stereocenters. The molecule has 6 N–H and O–H groups in total. The van der Waals surface area contributed by atoms with Gasteiger partial charge in [0.25, 0.3) is 0 Å². The lowest BCUT2D eigenvalue weighted by atomic mass is 9.99. The van der Waals surface area contributed by atoms with Crippen molar-refractivity contribution in [3.05, 3.63) is 12.2 Å². The summed E-state index contributed by atoms with van der Waals surface area (Å²) in [6.07, 6.45) is 46.3. The average molecular weight is 882 g/mol. The van der Waals surface area contributed by atoms with E-state index in [0.29, 0.717) is 12.8 Å². The highest BCUT2D eigenvalue weighted by Crippen LogP contribution is 2.23. The van der Waals surface area contributed by atoms with E-state index in [1.165, 1.54) is 193 Å². The Morgan fingerprint density at radius 2 is 0.903 bits per heavy atom. The molecule has 1 aliphatic heterocycles. The topological polar surface area (TPSA) is 149 Å². The Hall–Kier alpha value is -1.07. The Labute approximate surface area is 382 Å². The fourth-order valence-electron chi connectivity index (χ4n) is 8.80. The molecule has 62 heavy (non-hydrogen) atoms. The van der Waals surface area contributed by atoms with Crippen LogP contribution in [0.15, 0.2) is 12.2 Å². The van der Waals surface area contributed by atoms with Gasteiger partial charge in [-0.05, 0) is 38.5 Å². The maximum atomic E-state index is 12.9. The Morgan fingerprint density at radius 1 is 0.532 bits per heavy atom. The van der Waals surface area contributed by atoms with Crippen molar-refractivity contribution >= 4 is 5.91 Å². The summed E-state index contributed by atoms with van der Waals surface area (Å²) in [5.74, 6) is -0.148. The zero-order valence-corrected chi connectivity index (χ0v) is 40.6. The number of carbonyl (C=O) groups is 1. The smallest absolute Gasteiger partial charge is 0.220 e. The third kappa shape index (κ3) is 33.4. The number of aliphatic hydroxyl groups excluding tert-OH is 5. The zero-order valence-electron chi connectivity index (χ0n) is 40.6. The molecule has 9 nitrogen and oxygen atoms in total. The van der Waals surface area contributed by atoms with Crippen molar-refractivity contribution in [2.45, 2.75) is 307 Å². The van der Waals surface area contributed by atoms with Crippen LogP contribution in [0, 0.1) is 0 Å². The number of ether oxygens (including phenoxy) is 2. The van der Waals surface area contributed by atoms with Gasteiger partial charge in [0, 0.05) is 6.42 Å². The highest BCUT2D eigenvalue weighted by Gasteiger charge is 2.44. The van der Waals surface area contributed by atoms with Crippen LogP contribution in [0.2, 0.25) is 0 Å². The van der Waals surface area contributed by atoms with Crippen molar-refractivity contribution in [3.63, 3.8) is 0 Å². The van der Waals surface area contributed by atoms with Gasteiger partial charge in [-0.15, -0.1) is 0 Å². The maximum Gasteiger partial charge on any atom is 0.220 e. The molecule has 0 aromatic rings. The van der Waals surface area contributed by atoms with E-state index in [9.17, 15) is 30.3 Å². The molecule has 0 bridgehead atoms. The molecule has 0 saturated carbocycles. The molecule has 0 radical (unpaired) electrons. The third-order valence-corrected chi connectivity index (χ3v) is 13.1. The van der Waals surface area contributed by atoms with Gasteiger partial charge in [-0.2, -0.15) is 0 Å². The fraction of sp³-hybridized carbons (Fsp3) is 0.943. The van der Waals surface area contributed by atoms with E-state index in [-0.39, 0.29) is 12.5 Å². The molecule has 1 fully saturated rings. The number of rotatable bonds is 46. The number of carbonyl (C=O) groups excluding carboxylic acids is 1. The molecule has 368 valence electrons. The van der Waals surface area contributed by atoms with E-state index >= 15 is 0 Å². The van der Waals surface area contributed by atoms with Crippen molar-refractivity contribution in [1.82, 2.24) is 5.32 Å². The van der Waals surface area contributed by atoms with Crippen LogP contribution in [-0.4, -0.2) is 87.5 Å². The first-order valence-electron chi connectivity index (χ1n) is 26.9. The molecule has 1 amide bonds. The second kappa shape index (κ2) is 43.8. The molecule has 0 aliphatic carbocycles. The summed E-state index contributed by atoms with van der Waals surface area (Å²) >= 11 is 0. The number of nitrogens with one attached hydrogen (secondary N) is 1. The van der Waals surface area contributed by atoms with Gasteiger partial charge in [-0.25, -0.2) is 0 Å². The van der Waals surface area contributed by atoms with Crippen LogP contribution in [0.1, 0.15) is 264 Å². The summed E-state index contributed by atoms with van der Waals surface area (Å²) in [6.45, 7) is 3.73. The van der Waals surface area contributed by atoms with Gasteiger partial charge in [0.1, 0.15) is 24.4 Å². The van der Waals surface area contributed by atoms with Gasteiger partial charge in [0.15, 0.2) is 6.29 Å². The van der Waals surface area contributed by atoms with Crippen LogP contribution in [0.3, 0.4) is 0 Å². The fourth-order valence-corrected chi connectivity index (χ4v) is 8.80. The molecule has 1 heterocycles. The minimum atomic E-state index is -1.55. The minimum Gasteiger partial charge on any atom is -0.394 e. The van der Waals surface area contributed by atoms with Crippen molar-refractivity contribution < 1.29 is 39.8 Å². The monoisotopic (exact) mass is 882 g/mol. The van der Waals surface area contributed by atoms with Crippen LogP contribution in [0.25, 0.3) is 0 Å². The van der Waals surface area contributed by atoms with Crippen LogP contribution in [0.4, 0.5) is 0 Å². The summed E-state index contributed by atoms with van der Waals surface area (Å²) in [6, 6.07) is -0.710. The molecular formula is C53H103NO8. The summed E-state index contributed by atoms with van der Waals surface area (Å²) in [7, 11) is 0. The molecule has 1 aliphatic rings. The number of hydrogen-bond donors (Lipinski definition) is 6. The largest absolute Gasteiger partial charge is 0.394 e. The van der Waals surface area contributed by atoms with E-state index in [1.54, 1.807) is 0 Å². The first-order chi connectivity index (χ1) is 30.3. The molecule has 7 unspecified atom stereocenters. The second-order valence-corrected chi connectivity index (χ2v) is 19.0. The van der Waals surface area contributed by atoms with Gasteiger partial charge in [0.2, 0.25) is 5.91 Å². The highest BCUT2D eigenvalue weighted by atomic mass is 16.7. The Bertz CT molecular complexity index is 981. The number of allylic oxidation sites excluding steroid dienone is 2. The van der Waals surface area contributed by atoms with Gasteiger partial charge < -0.3 is 40.3 Å². The molecule has 1 rings (SSSR count). The summed E-state index contributed by atoms with van der Waals surface area (Å²) in [5, 5.41) is 53.8. The molecular weight excluding hydrogens is 779 g/mol. The van der Waals surface area contributed by atoms with E-state index in [2.05, 4.69) is 31.3 Å². The third-order valence-electron chi connectivity index (χ3n) is 13.1. The molecule has 0 aromatic carbocycles. The Kier molecular flexibility index (Phi) is 41.6. The predicted octanol–water partition coefficient (Wildman–Crippen LogP) is 12.5. The molecule has 0 spiro atoms. The summed E-state index contributed by atoms with van der Waals surface area (Å²) in [5.41, 5.74) is 0. The van der Waals surface area contributed by atoms with Gasteiger partial charge in [0.05, 0.1) is 25.4 Å². The second-order valence-electron chi connectivity index (χ2n) is 19.0. The lowest BCUT2D eigenvalue weighted by Gasteiger charge is -2.40. The molecule has 1 saturated heterocycles. The Balaban J connectivity index is 1.93. The average Bonchev–Trinajstić information content (AvgIpc) is 3.27. The Morgan fingerprint density at radius 3 is 1.31 bits per heavy atom. The van der Waals surface area contributed by atoms with Crippen molar-refractivity contribution in [1.29, 1.82) is 0 Å². The van der Waals surface area contributed by atoms with Gasteiger partial charge >= 0.3 is 0 Å². The highest BCUT2D eigenvalue weighted by molar-refractivity contribution is 5.76. The first-order valence-corrected chi connectivity index (χ1v) is 26.9. The van der Waals surface area contributed by atoms with E-state index in [4.69, 9.17) is 9.47 Å². The normalized spacial score (nSPS) is 20.3. The number of hydrogen-bond acceptors (Lipinski definition) is 8. The summed E-state index contributed by atoms with van der Waals surface area (Å²) < 4.78 is 11.2. The van der Waals surface area contributed by atoms with Crippen LogP contribution >= 0.6 is 0 Å². The van der Waals surface area contributed by atoms with Crippen LogP contribution in [-0.2, 0) is 14.3 Å². The lowest BCUT2D eigenvalue weighted by molar-refractivity contribution is -0.302. The number of unbranched alkanes of at least 4 members (excludes halogenated alkanes) is 34. The first kappa shape index (κ1) is 58.9. The zero-order chi connectivity index (χ0) is 45.1. The lowest BCUT2D eigenvalue weighted by Crippen LogP contribution is -2.60. The minimum absolute atomic E-state index is 0.137. The van der Waals surface area contributed by atoms with Crippen molar-refractivity contribution in [2.75, 3.05) is 13.2 Å². The quantitative estimate of drug-likeness (QED) is 0.0261. The molecule has 9 heteroatoms. The number of amides is 1. The SMILES string of the molecule is CCCCCCCCCC/C=C\CCCCCCCCCCCCCCCCCCCCCCCCCC(=O)NC(COC1OC(CO)C(O)C(O)C1O)C(O)CCCCCC. The van der Waals surface area contributed by atoms with E-state index < -0.39 is 49.5 Å². The van der Waals surface area contributed by atoms with Crippen LogP contribution < -0.4 is 5.32 Å².